The van der Waals surface area contributed by atoms with Gasteiger partial charge in [0.1, 0.15) is 5.75 Å². The molecule has 1 unspecified atom stereocenters. The summed E-state index contributed by atoms with van der Waals surface area (Å²) >= 11 is 0. The van der Waals surface area contributed by atoms with Gasteiger partial charge in [0.15, 0.2) is 0 Å². The van der Waals surface area contributed by atoms with Crippen LogP contribution in [0.5, 0.6) is 5.75 Å². The van der Waals surface area contributed by atoms with Gasteiger partial charge in [-0.3, -0.25) is 9.69 Å². The van der Waals surface area contributed by atoms with Crippen LogP contribution in [0.3, 0.4) is 0 Å². The molecule has 2 heterocycles. The lowest BCUT2D eigenvalue weighted by Gasteiger charge is -2.41. The molecule has 1 spiro atoms. The van der Waals surface area contributed by atoms with Crippen LogP contribution in [0.2, 0.25) is 0 Å². The first-order chi connectivity index (χ1) is 14.1. The molecule has 1 fully saturated rings. The van der Waals surface area contributed by atoms with Gasteiger partial charge in [-0.1, -0.05) is 43.3 Å². The van der Waals surface area contributed by atoms with Gasteiger partial charge in [-0.25, -0.2) is 0 Å². The van der Waals surface area contributed by atoms with Gasteiger partial charge in [0, 0.05) is 31.6 Å². The summed E-state index contributed by atoms with van der Waals surface area (Å²) < 4.78 is 5.31. The third-order valence-electron chi connectivity index (χ3n) is 6.57. The number of methoxy groups -OCH3 is 1. The number of ether oxygens (including phenoxy) is 1. The maximum absolute atomic E-state index is 12.9. The Balaban J connectivity index is 1.64. The van der Waals surface area contributed by atoms with E-state index in [0.717, 1.165) is 51.2 Å². The van der Waals surface area contributed by atoms with E-state index in [4.69, 9.17) is 4.74 Å². The standard InChI is InChI=1S/C25H32N2O2/c1-3-7-24(28)26-18-22-9-5-4-8-21(22)16-25(19-26)14-6-15-27(25)17-20-10-12-23(29-2)13-11-20/h4-5,8-13H,3,6-7,14-19H2,1-2H3. The lowest BCUT2D eigenvalue weighted by molar-refractivity contribution is -0.133. The van der Waals surface area contributed by atoms with Crippen molar-refractivity contribution in [3.63, 3.8) is 0 Å². The first-order valence-corrected chi connectivity index (χ1v) is 10.9. The number of carbonyl (C=O) groups excluding carboxylic acids is 1. The Labute approximate surface area is 174 Å². The van der Waals surface area contributed by atoms with Crippen LogP contribution in [-0.4, -0.2) is 41.4 Å². The van der Waals surface area contributed by atoms with E-state index >= 15 is 0 Å². The maximum Gasteiger partial charge on any atom is 0.222 e. The Morgan fingerprint density at radius 3 is 2.59 bits per heavy atom. The van der Waals surface area contributed by atoms with Crippen molar-refractivity contribution in [3.8, 4) is 5.75 Å². The van der Waals surface area contributed by atoms with Crippen LogP contribution in [-0.2, 0) is 24.3 Å². The summed E-state index contributed by atoms with van der Waals surface area (Å²) in [6, 6.07) is 17.1. The van der Waals surface area contributed by atoms with Crippen molar-refractivity contribution < 1.29 is 9.53 Å². The van der Waals surface area contributed by atoms with Crippen LogP contribution in [0, 0.1) is 0 Å². The Hall–Kier alpha value is -2.33. The molecular formula is C25H32N2O2. The average Bonchev–Trinajstić information content (AvgIpc) is 3.01. The average molecular weight is 393 g/mol. The van der Waals surface area contributed by atoms with E-state index in [1.54, 1.807) is 7.11 Å². The Morgan fingerprint density at radius 2 is 1.86 bits per heavy atom. The van der Waals surface area contributed by atoms with Gasteiger partial charge in [0.2, 0.25) is 5.91 Å². The number of benzene rings is 2. The smallest absolute Gasteiger partial charge is 0.222 e. The zero-order valence-electron chi connectivity index (χ0n) is 17.7. The number of carbonyl (C=O) groups is 1. The highest BCUT2D eigenvalue weighted by molar-refractivity contribution is 5.76. The van der Waals surface area contributed by atoms with Crippen molar-refractivity contribution in [2.24, 2.45) is 0 Å². The van der Waals surface area contributed by atoms with E-state index in [-0.39, 0.29) is 5.54 Å². The van der Waals surface area contributed by atoms with E-state index in [0.29, 0.717) is 12.3 Å². The zero-order chi connectivity index (χ0) is 20.3. The summed E-state index contributed by atoms with van der Waals surface area (Å²) in [5, 5.41) is 0. The van der Waals surface area contributed by atoms with Gasteiger partial charge in [-0.2, -0.15) is 0 Å². The molecule has 2 aromatic rings. The van der Waals surface area contributed by atoms with Crippen molar-refractivity contribution >= 4 is 5.91 Å². The molecule has 2 aliphatic heterocycles. The second-order valence-electron chi connectivity index (χ2n) is 8.54. The first kappa shape index (κ1) is 20.0. The number of hydrogen-bond acceptors (Lipinski definition) is 3. The fraction of sp³-hybridized carbons (Fsp3) is 0.480. The van der Waals surface area contributed by atoms with Crippen molar-refractivity contribution in [3.05, 3.63) is 65.2 Å². The number of amides is 1. The van der Waals surface area contributed by atoms with Crippen molar-refractivity contribution in [2.75, 3.05) is 20.2 Å². The molecule has 0 aromatic heterocycles. The molecule has 2 aliphatic rings. The molecule has 0 N–H and O–H groups in total. The molecule has 0 aliphatic carbocycles. The number of likely N-dealkylation sites (tertiary alicyclic amines) is 1. The van der Waals surface area contributed by atoms with Gasteiger partial charge in [-0.15, -0.1) is 0 Å². The summed E-state index contributed by atoms with van der Waals surface area (Å²) in [6.07, 6.45) is 4.90. The molecule has 0 saturated carbocycles. The molecular weight excluding hydrogens is 360 g/mol. The summed E-state index contributed by atoms with van der Waals surface area (Å²) in [4.78, 5) is 17.7. The van der Waals surface area contributed by atoms with Crippen LogP contribution in [0.15, 0.2) is 48.5 Å². The SMILES string of the molecule is CCCC(=O)N1Cc2ccccc2CC2(CCCN2Cc2ccc(OC)cc2)C1. The van der Waals surface area contributed by atoms with Crippen LogP contribution in [0.4, 0.5) is 0 Å². The van der Waals surface area contributed by atoms with Crippen LogP contribution in [0.25, 0.3) is 0 Å². The van der Waals surface area contributed by atoms with Gasteiger partial charge in [0.25, 0.3) is 0 Å². The van der Waals surface area contributed by atoms with E-state index in [2.05, 4.69) is 53.1 Å². The lowest BCUT2D eigenvalue weighted by atomic mass is 9.87. The molecule has 154 valence electrons. The summed E-state index contributed by atoms with van der Waals surface area (Å²) in [7, 11) is 1.70. The Bertz CT molecular complexity index is 848. The predicted molar refractivity (Wildman–Crippen MR) is 116 cm³/mol. The second-order valence-corrected chi connectivity index (χ2v) is 8.54. The van der Waals surface area contributed by atoms with E-state index < -0.39 is 0 Å². The molecule has 1 saturated heterocycles. The minimum atomic E-state index is 0.0237. The van der Waals surface area contributed by atoms with Crippen LogP contribution in [0.1, 0.15) is 49.3 Å². The normalized spacial score (nSPS) is 21.8. The fourth-order valence-corrected chi connectivity index (χ4v) is 5.03. The minimum Gasteiger partial charge on any atom is -0.497 e. The van der Waals surface area contributed by atoms with E-state index in [9.17, 15) is 4.79 Å². The highest BCUT2D eigenvalue weighted by Gasteiger charge is 2.44. The van der Waals surface area contributed by atoms with Crippen LogP contribution < -0.4 is 4.74 Å². The van der Waals surface area contributed by atoms with Crippen molar-refractivity contribution in [1.82, 2.24) is 9.80 Å². The summed E-state index contributed by atoms with van der Waals surface area (Å²) in [5.41, 5.74) is 4.04. The Kier molecular flexibility index (Phi) is 5.91. The molecule has 0 bridgehead atoms. The topological polar surface area (TPSA) is 32.8 Å². The van der Waals surface area contributed by atoms with Crippen molar-refractivity contribution in [2.45, 2.75) is 57.7 Å². The monoisotopic (exact) mass is 392 g/mol. The van der Waals surface area contributed by atoms with E-state index in [1.807, 2.05) is 12.1 Å². The third kappa shape index (κ3) is 4.18. The number of nitrogens with zero attached hydrogens (tertiary/aromatic N) is 2. The summed E-state index contributed by atoms with van der Waals surface area (Å²) in [5.74, 6) is 1.18. The molecule has 4 heteroatoms. The number of hydrogen-bond donors (Lipinski definition) is 0. The summed E-state index contributed by atoms with van der Waals surface area (Å²) in [6.45, 7) is 5.67. The first-order valence-electron chi connectivity index (χ1n) is 10.9. The zero-order valence-corrected chi connectivity index (χ0v) is 17.7. The molecule has 4 nitrogen and oxygen atoms in total. The van der Waals surface area contributed by atoms with Crippen molar-refractivity contribution in [1.29, 1.82) is 0 Å². The van der Waals surface area contributed by atoms with Gasteiger partial charge < -0.3 is 9.64 Å². The van der Waals surface area contributed by atoms with Gasteiger partial charge in [-0.05, 0) is 61.1 Å². The van der Waals surface area contributed by atoms with E-state index in [1.165, 1.54) is 23.1 Å². The quantitative estimate of drug-likeness (QED) is 0.755. The maximum atomic E-state index is 12.9. The third-order valence-corrected chi connectivity index (χ3v) is 6.57. The number of fused-ring (bicyclic) bond motifs is 1. The molecule has 2 aromatic carbocycles. The molecule has 1 amide bonds. The van der Waals surface area contributed by atoms with Gasteiger partial charge in [0.05, 0.1) is 7.11 Å². The molecule has 0 radical (unpaired) electrons. The minimum absolute atomic E-state index is 0.0237. The molecule has 1 atom stereocenters. The Morgan fingerprint density at radius 1 is 1.10 bits per heavy atom. The fourth-order valence-electron chi connectivity index (χ4n) is 5.03. The predicted octanol–water partition coefficient (Wildman–Crippen LogP) is 4.41. The largest absolute Gasteiger partial charge is 0.497 e. The lowest BCUT2D eigenvalue weighted by Crippen LogP contribution is -2.53. The molecule has 29 heavy (non-hydrogen) atoms. The van der Waals surface area contributed by atoms with Crippen LogP contribution >= 0.6 is 0 Å². The number of rotatable bonds is 5. The highest BCUT2D eigenvalue weighted by atomic mass is 16.5. The second kappa shape index (κ2) is 8.58. The van der Waals surface area contributed by atoms with Gasteiger partial charge >= 0.3 is 0 Å². The highest BCUT2D eigenvalue weighted by Crippen LogP contribution is 2.38. The molecule has 4 rings (SSSR count).